The first kappa shape index (κ1) is 15.7. The molecule has 1 aromatic carbocycles. The number of alkyl halides is 3. The molecule has 0 heterocycles. The SMILES string of the molecule is NCCN(C1CC1)C(c1cccc(Br)c1F)C(F)(F)F. The summed E-state index contributed by atoms with van der Waals surface area (Å²) in [4.78, 5) is 1.27. The predicted octanol–water partition coefficient (Wildman–Crippen LogP) is 3.61. The molecule has 0 saturated heterocycles. The summed E-state index contributed by atoms with van der Waals surface area (Å²) in [6.45, 7) is 0.208. The van der Waals surface area contributed by atoms with Gasteiger partial charge in [0.05, 0.1) is 4.47 Å². The molecular weight excluding hydrogens is 340 g/mol. The van der Waals surface area contributed by atoms with Crippen LogP contribution in [0.3, 0.4) is 0 Å². The zero-order valence-corrected chi connectivity index (χ0v) is 12.2. The minimum atomic E-state index is -4.54. The molecule has 0 bridgehead atoms. The molecule has 1 aliphatic rings. The highest BCUT2D eigenvalue weighted by Crippen LogP contribution is 2.44. The van der Waals surface area contributed by atoms with Crippen molar-refractivity contribution in [2.75, 3.05) is 13.1 Å². The van der Waals surface area contributed by atoms with Crippen LogP contribution in [0, 0.1) is 5.82 Å². The molecule has 2 N–H and O–H groups in total. The van der Waals surface area contributed by atoms with Gasteiger partial charge in [-0.1, -0.05) is 12.1 Å². The van der Waals surface area contributed by atoms with Crippen molar-refractivity contribution < 1.29 is 17.6 Å². The van der Waals surface area contributed by atoms with E-state index >= 15 is 0 Å². The maximum Gasteiger partial charge on any atom is 0.408 e. The second-order valence-corrected chi connectivity index (χ2v) is 5.70. The number of hydrogen-bond donors (Lipinski definition) is 1. The van der Waals surface area contributed by atoms with Crippen LogP contribution >= 0.6 is 15.9 Å². The monoisotopic (exact) mass is 354 g/mol. The Balaban J connectivity index is 2.43. The van der Waals surface area contributed by atoms with E-state index in [1.54, 1.807) is 0 Å². The van der Waals surface area contributed by atoms with Crippen molar-refractivity contribution in [1.29, 1.82) is 0 Å². The molecule has 0 aromatic heterocycles. The smallest absolute Gasteiger partial charge is 0.329 e. The van der Waals surface area contributed by atoms with Gasteiger partial charge < -0.3 is 5.73 Å². The van der Waals surface area contributed by atoms with Crippen molar-refractivity contribution in [3.05, 3.63) is 34.1 Å². The lowest BCUT2D eigenvalue weighted by molar-refractivity contribution is -0.188. The highest BCUT2D eigenvalue weighted by atomic mass is 79.9. The van der Waals surface area contributed by atoms with Crippen LogP contribution in [0.5, 0.6) is 0 Å². The minimum Gasteiger partial charge on any atom is -0.329 e. The largest absolute Gasteiger partial charge is 0.408 e. The second-order valence-electron chi connectivity index (χ2n) is 4.84. The van der Waals surface area contributed by atoms with Gasteiger partial charge in [0.1, 0.15) is 11.9 Å². The molecule has 1 saturated carbocycles. The van der Waals surface area contributed by atoms with E-state index in [9.17, 15) is 17.6 Å². The standard InChI is InChI=1S/C13H15BrF4N2/c14-10-3-1-2-9(11(10)15)12(13(16,17)18)20(7-6-19)8-4-5-8/h1-3,8,12H,4-7,19H2. The van der Waals surface area contributed by atoms with E-state index in [4.69, 9.17) is 5.73 Å². The molecule has 0 aliphatic heterocycles. The topological polar surface area (TPSA) is 29.3 Å². The van der Waals surface area contributed by atoms with E-state index in [-0.39, 0.29) is 29.2 Å². The highest BCUT2D eigenvalue weighted by molar-refractivity contribution is 9.10. The fourth-order valence-electron chi connectivity index (χ4n) is 2.35. The Kier molecular flexibility index (Phi) is 4.71. The summed E-state index contributed by atoms with van der Waals surface area (Å²) < 4.78 is 54.3. The average Bonchev–Trinajstić information content (AvgIpc) is 3.16. The van der Waals surface area contributed by atoms with Gasteiger partial charge in [-0.05, 0) is 34.8 Å². The molecule has 1 aliphatic carbocycles. The summed E-state index contributed by atoms with van der Waals surface area (Å²) in [6, 6.07) is 1.87. The quantitative estimate of drug-likeness (QED) is 0.818. The summed E-state index contributed by atoms with van der Waals surface area (Å²) in [5.74, 6) is -0.863. The van der Waals surface area contributed by atoms with E-state index in [1.165, 1.54) is 23.1 Å². The number of benzene rings is 1. The number of rotatable bonds is 5. The van der Waals surface area contributed by atoms with Gasteiger partial charge in [0.25, 0.3) is 0 Å². The van der Waals surface area contributed by atoms with E-state index in [0.29, 0.717) is 12.8 Å². The second kappa shape index (κ2) is 5.99. The number of nitrogens with two attached hydrogens (primary N) is 1. The Hall–Kier alpha value is -0.660. The normalized spacial score (nSPS) is 17.6. The van der Waals surface area contributed by atoms with Crippen LogP contribution in [-0.4, -0.2) is 30.2 Å². The van der Waals surface area contributed by atoms with Crippen molar-refractivity contribution in [2.24, 2.45) is 5.73 Å². The first-order valence-electron chi connectivity index (χ1n) is 6.32. The van der Waals surface area contributed by atoms with Crippen LogP contribution < -0.4 is 5.73 Å². The molecule has 0 amide bonds. The van der Waals surface area contributed by atoms with Gasteiger partial charge in [-0.3, -0.25) is 4.90 Å². The fraction of sp³-hybridized carbons (Fsp3) is 0.538. The van der Waals surface area contributed by atoms with Crippen LogP contribution in [0.2, 0.25) is 0 Å². The summed E-state index contributed by atoms with van der Waals surface area (Å²) in [7, 11) is 0. The molecule has 7 heteroatoms. The Morgan fingerprint density at radius 3 is 2.50 bits per heavy atom. The molecule has 2 rings (SSSR count). The van der Waals surface area contributed by atoms with Gasteiger partial charge in [0, 0.05) is 24.7 Å². The number of nitrogens with zero attached hydrogens (tertiary/aromatic N) is 1. The summed E-state index contributed by atoms with van der Waals surface area (Å²) in [5, 5.41) is 0. The number of halogens is 5. The fourth-order valence-corrected chi connectivity index (χ4v) is 2.73. The molecule has 0 spiro atoms. The maximum absolute atomic E-state index is 14.1. The van der Waals surface area contributed by atoms with E-state index in [0.717, 1.165) is 0 Å². The third-order valence-corrected chi connectivity index (χ3v) is 3.93. The lowest BCUT2D eigenvalue weighted by Crippen LogP contribution is -2.42. The zero-order valence-electron chi connectivity index (χ0n) is 10.6. The molecular formula is C13H15BrF4N2. The molecule has 0 radical (unpaired) electrons. The maximum atomic E-state index is 14.1. The Bertz CT molecular complexity index is 474. The van der Waals surface area contributed by atoms with Crippen molar-refractivity contribution in [3.63, 3.8) is 0 Å². The predicted molar refractivity (Wildman–Crippen MR) is 71.7 cm³/mol. The average molecular weight is 355 g/mol. The Labute approximate surface area is 123 Å². The third-order valence-electron chi connectivity index (χ3n) is 3.32. The highest BCUT2D eigenvalue weighted by Gasteiger charge is 2.49. The van der Waals surface area contributed by atoms with Crippen LogP contribution in [0.1, 0.15) is 24.4 Å². The van der Waals surface area contributed by atoms with E-state index in [2.05, 4.69) is 15.9 Å². The Morgan fingerprint density at radius 1 is 1.35 bits per heavy atom. The molecule has 1 unspecified atom stereocenters. The van der Waals surface area contributed by atoms with E-state index < -0.39 is 18.0 Å². The third kappa shape index (κ3) is 3.32. The minimum absolute atomic E-state index is 0.0349. The lowest BCUT2D eigenvalue weighted by atomic mass is 10.0. The molecule has 20 heavy (non-hydrogen) atoms. The molecule has 1 fully saturated rings. The van der Waals surface area contributed by atoms with Crippen LogP contribution in [-0.2, 0) is 0 Å². The molecule has 2 nitrogen and oxygen atoms in total. The van der Waals surface area contributed by atoms with Crippen LogP contribution in [0.25, 0.3) is 0 Å². The first-order chi connectivity index (χ1) is 9.36. The van der Waals surface area contributed by atoms with Gasteiger partial charge in [-0.15, -0.1) is 0 Å². The van der Waals surface area contributed by atoms with Gasteiger partial charge in [0.15, 0.2) is 0 Å². The summed E-state index contributed by atoms with van der Waals surface area (Å²) in [5.41, 5.74) is 5.06. The van der Waals surface area contributed by atoms with Gasteiger partial charge in [0.2, 0.25) is 0 Å². The van der Waals surface area contributed by atoms with Crippen LogP contribution in [0.4, 0.5) is 17.6 Å². The number of hydrogen-bond acceptors (Lipinski definition) is 2. The Morgan fingerprint density at radius 2 is 2.00 bits per heavy atom. The first-order valence-corrected chi connectivity index (χ1v) is 7.12. The van der Waals surface area contributed by atoms with Crippen molar-refractivity contribution >= 4 is 15.9 Å². The van der Waals surface area contributed by atoms with Crippen molar-refractivity contribution in [1.82, 2.24) is 4.90 Å². The molecule has 1 aromatic rings. The van der Waals surface area contributed by atoms with Crippen LogP contribution in [0.15, 0.2) is 22.7 Å². The van der Waals surface area contributed by atoms with Crippen molar-refractivity contribution in [3.8, 4) is 0 Å². The van der Waals surface area contributed by atoms with Gasteiger partial charge in [-0.2, -0.15) is 13.2 Å². The van der Waals surface area contributed by atoms with Gasteiger partial charge in [-0.25, -0.2) is 4.39 Å². The molecule has 112 valence electrons. The van der Waals surface area contributed by atoms with E-state index in [1.807, 2.05) is 0 Å². The molecule has 1 atom stereocenters. The lowest BCUT2D eigenvalue weighted by Gasteiger charge is -2.33. The van der Waals surface area contributed by atoms with Gasteiger partial charge >= 0.3 is 6.18 Å². The van der Waals surface area contributed by atoms with Crippen molar-refractivity contribution in [2.45, 2.75) is 31.1 Å². The summed E-state index contributed by atoms with van der Waals surface area (Å²) >= 11 is 2.94. The summed E-state index contributed by atoms with van der Waals surface area (Å²) in [6.07, 6.45) is -3.15. The zero-order chi connectivity index (χ0) is 14.9.